The third kappa shape index (κ3) is 6.20. The number of nitro groups is 1. The first kappa shape index (κ1) is 18.8. The van der Waals surface area contributed by atoms with Gasteiger partial charge in [-0.1, -0.05) is 13.8 Å². The zero-order chi connectivity index (χ0) is 17.6. The van der Waals surface area contributed by atoms with Crippen LogP contribution in [0.15, 0.2) is 23.1 Å². The third-order valence-corrected chi connectivity index (χ3v) is 3.78. The lowest BCUT2D eigenvalue weighted by Gasteiger charge is -2.10. The van der Waals surface area contributed by atoms with Crippen LogP contribution in [0.2, 0.25) is 0 Å². The minimum Gasteiger partial charge on any atom is -0.379 e. The fraction of sp³-hybridized carbons (Fsp3) is 0.462. The topological polar surface area (TPSA) is 144 Å². The van der Waals surface area contributed by atoms with Gasteiger partial charge in [-0.15, -0.1) is 0 Å². The number of primary sulfonamides is 1. The van der Waals surface area contributed by atoms with Crippen LogP contribution in [0.5, 0.6) is 0 Å². The highest BCUT2D eigenvalue weighted by molar-refractivity contribution is 7.89. The molecular weight excluding hydrogens is 324 g/mol. The summed E-state index contributed by atoms with van der Waals surface area (Å²) in [6.07, 6.45) is 0.140. The van der Waals surface area contributed by atoms with E-state index in [9.17, 15) is 23.3 Å². The van der Waals surface area contributed by atoms with Crippen LogP contribution in [0.25, 0.3) is 0 Å². The van der Waals surface area contributed by atoms with E-state index in [1.54, 1.807) is 0 Å². The Balaban J connectivity index is 2.74. The summed E-state index contributed by atoms with van der Waals surface area (Å²) in [5.41, 5.74) is -0.293. The van der Waals surface area contributed by atoms with Crippen LogP contribution >= 0.6 is 0 Å². The second-order valence-electron chi connectivity index (χ2n) is 5.36. The molecule has 0 aliphatic heterocycles. The van der Waals surface area contributed by atoms with Crippen LogP contribution in [-0.2, 0) is 14.8 Å². The molecule has 1 rings (SSSR count). The van der Waals surface area contributed by atoms with Crippen LogP contribution in [0.3, 0.4) is 0 Å². The van der Waals surface area contributed by atoms with Gasteiger partial charge < -0.3 is 10.6 Å². The molecule has 0 aromatic heterocycles. The Morgan fingerprint density at radius 2 is 2.04 bits per heavy atom. The molecule has 0 spiro atoms. The summed E-state index contributed by atoms with van der Waals surface area (Å²) in [5, 5.41) is 21.5. The zero-order valence-electron chi connectivity index (χ0n) is 12.9. The van der Waals surface area contributed by atoms with Gasteiger partial charge in [-0.25, -0.2) is 13.6 Å². The average molecular weight is 344 g/mol. The van der Waals surface area contributed by atoms with Crippen molar-refractivity contribution in [3.8, 4) is 0 Å². The number of nitro benzene ring substituents is 1. The van der Waals surface area contributed by atoms with E-state index in [1.807, 2.05) is 13.8 Å². The fourth-order valence-electron chi connectivity index (χ4n) is 1.71. The molecule has 10 heteroatoms. The summed E-state index contributed by atoms with van der Waals surface area (Å²) in [6.45, 7) is 4.67. The standard InChI is InChI=1S/C13H20N4O5S/c1-9(2)8-16-13(18)5-6-15-11-4-3-10(23(14,21)22)7-12(11)17(19)20/h3-4,7,9,15H,5-6,8H2,1-2H3,(H,16,18)(H2,14,21,22). The number of carbonyl (C=O) groups is 1. The highest BCUT2D eigenvalue weighted by Gasteiger charge is 2.19. The predicted octanol–water partition coefficient (Wildman–Crippen LogP) is 0.816. The van der Waals surface area contributed by atoms with Crippen molar-refractivity contribution in [2.45, 2.75) is 25.2 Å². The number of benzene rings is 1. The lowest BCUT2D eigenvalue weighted by Crippen LogP contribution is -2.28. The Labute approximate surface area is 134 Å². The largest absolute Gasteiger partial charge is 0.379 e. The highest BCUT2D eigenvalue weighted by atomic mass is 32.2. The maximum Gasteiger partial charge on any atom is 0.293 e. The van der Waals surface area contributed by atoms with E-state index in [0.29, 0.717) is 12.5 Å². The Bertz CT molecular complexity index is 688. The Morgan fingerprint density at radius 3 is 2.57 bits per heavy atom. The molecule has 0 radical (unpaired) electrons. The highest BCUT2D eigenvalue weighted by Crippen LogP contribution is 2.27. The number of amides is 1. The van der Waals surface area contributed by atoms with Gasteiger partial charge in [-0.2, -0.15) is 0 Å². The predicted molar refractivity (Wildman–Crippen MR) is 85.4 cm³/mol. The van der Waals surface area contributed by atoms with Crippen LogP contribution in [0, 0.1) is 16.0 Å². The number of nitrogens with two attached hydrogens (primary N) is 1. The lowest BCUT2D eigenvalue weighted by atomic mass is 10.2. The molecule has 4 N–H and O–H groups in total. The number of carbonyl (C=O) groups excluding carboxylic acids is 1. The van der Waals surface area contributed by atoms with Crippen LogP contribution in [0.1, 0.15) is 20.3 Å². The summed E-state index contributed by atoms with van der Waals surface area (Å²) in [4.78, 5) is 21.5. The molecule has 1 aromatic rings. The molecule has 0 saturated heterocycles. The van der Waals surface area contributed by atoms with Crippen molar-refractivity contribution in [3.63, 3.8) is 0 Å². The smallest absolute Gasteiger partial charge is 0.293 e. The molecule has 23 heavy (non-hydrogen) atoms. The maximum atomic E-state index is 11.6. The molecule has 0 atom stereocenters. The molecule has 0 unspecified atom stereocenters. The molecule has 0 heterocycles. The Kier molecular flexibility index (Phi) is 6.46. The number of anilines is 1. The van der Waals surface area contributed by atoms with Gasteiger partial charge in [0.15, 0.2) is 0 Å². The van der Waals surface area contributed by atoms with Gasteiger partial charge in [0.2, 0.25) is 15.9 Å². The summed E-state index contributed by atoms with van der Waals surface area (Å²) >= 11 is 0. The van der Waals surface area contributed by atoms with E-state index in [2.05, 4.69) is 10.6 Å². The van der Waals surface area contributed by atoms with Crippen molar-refractivity contribution >= 4 is 27.3 Å². The van der Waals surface area contributed by atoms with E-state index in [0.717, 1.165) is 6.07 Å². The number of nitrogens with one attached hydrogen (secondary N) is 2. The van der Waals surface area contributed by atoms with Crippen LogP contribution in [-0.4, -0.2) is 32.3 Å². The minimum atomic E-state index is -4.02. The maximum absolute atomic E-state index is 11.6. The van der Waals surface area contributed by atoms with Crippen molar-refractivity contribution in [2.24, 2.45) is 11.1 Å². The van der Waals surface area contributed by atoms with Gasteiger partial charge in [0.05, 0.1) is 9.82 Å². The number of sulfonamides is 1. The SMILES string of the molecule is CC(C)CNC(=O)CCNc1ccc(S(N)(=O)=O)cc1[N+](=O)[O-]. The van der Waals surface area contributed by atoms with E-state index in [1.165, 1.54) is 12.1 Å². The van der Waals surface area contributed by atoms with Gasteiger partial charge in [-0.05, 0) is 18.1 Å². The van der Waals surface area contributed by atoms with Crippen LogP contribution in [0.4, 0.5) is 11.4 Å². The number of rotatable bonds is 8. The lowest BCUT2D eigenvalue weighted by molar-refractivity contribution is -0.384. The zero-order valence-corrected chi connectivity index (χ0v) is 13.7. The van der Waals surface area contributed by atoms with Crippen molar-refractivity contribution in [1.29, 1.82) is 0 Å². The third-order valence-electron chi connectivity index (χ3n) is 2.87. The van der Waals surface area contributed by atoms with Gasteiger partial charge in [0.25, 0.3) is 5.69 Å². The fourth-order valence-corrected chi connectivity index (χ4v) is 2.24. The van der Waals surface area contributed by atoms with Gasteiger partial charge in [0, 0.05) is 25.6 Å². The summed E-state index contributed by atoms with van der Waals surface area (Å²) < 4.78 is 22.5. The first-order valence-corrected chi connectivity index (χ1v) is 8.47. The van der Waals surface area contributed by atoms with E-state index < -0.39 is 20.6 Å². The second-order valence-corrected chi connectivity index (χ2v) is 6.92. The summed E-state index contributed by atoms with van der Waals surface area (Å²) in [7, 11) is -4.02. The number of hydrogen-bond acceptors (Lipinski definition) is 6. The first-order valence-electron chi connectivity index (χ1n) is 6.93. The van der Waals surface area contributed by atoms with Gasteiger partial charge in [0.1, 0.15) is 5.69 Å². The normalized spacial score (nSPS) is 11.3. The van der Waals surface area contributed by atoms with Gasteiger partial charge >= 0.3 is 0 Å². The van der Waals surface area contributed by atoms with Crippen molar-refractivity contribution in [2.75, 3.05) is 18.4 Å². The van der Waals surface area contributed by atoms with Crippen molar-refractivity contribution < 1.29 is 18.1 Å². The van der Waals surface area contributed by atoms with Gasteiger partial charge in [-0.3, -0.25) is 14.9 Å². The summed E-state index contributed by atoms with van der Waals surface area (Å²) in [6, 6.07) is 3.31. The van der Waals surface area contributed by atoms with Crippen LogP contribution < -0.4 is 15.8 Å². The molecule has 9 nitrogen and oxygen atoms in total. The molecule has 0 aliphatic carbocycles. The monoisotopic (exact) mass is 344 g/mol. The minimum absolute atomic E-state index is 0.124. The average Bonchev–Trinajstić information content (AvgIpc) is 2.44. The van der Waals surface area contributed by atoms with Crippen molar-refractivity contribution in [3.05, 3.63) is 28.3 Å². The molecule has 0 saturated carbocycles. The quantitative estimate of drug-likeness (QED) is 0.470. The number of nitrogens with zero attached hydrogens (tertiary/aromatic N) is 1. The molecule has 0 fully saturated rings. The molecule has 1 amide bonds. The first-order chi connectivity index (χ1) is 10.6. The Morgan fingerprint density at radius 1 is 1.39 bits per heavy atom. The molecule has 128 valence electrons. The number of hydrogen-bond donors (Lipinski definition) is 3. The van der Waals surface area contributed by atoms with E-state index in [4.69, 9.17) is 5.14 Å². The molecule has 0 bridgehead atoms. The van der Waals surface area contributed by atoms with E-state index >= 15 is 0 Å². The molecular formula is C13H20N4O5S. The van der Waals surface area contributed by atoms with E-state index in [-0.39, 0.29) is 29.5 Å². The Hall–Kier alpha value is -2.20. The molecule has 1 aromatic carbocycles. The summed E-state index contributed by atoms with van der Waals surface area (Å²) in [5.74, 6) is 0.161. The second kappa shape index (κ2) is 7.88. The molecule has 0 aliphatic rings. The van der Waals surface area contributed by atoms with Crippen molar-refractivity contribution in [1.82, 2.24) is 5.32 Å².